The zero-order chi connectivity index (χ0) is 13.9. The monoisotopic (exact) mass is 264 g/mol. The van der Waals surface area contributed by atoms with E-state index in [0.29, 0.717) is 0 Å². The summed E-state index contributed by atoms with van der Waals surface area (Å²) >= 11 is 0. The Bertz CT molecular complexity index is 801. The lowest BCUT2D eigenvalue weighted by molar-refractivity contribution is 0.410. The summed E-state index contributed by atoms with van der Waals surface area (Å²) in [5.74, 6) is 1.75. The molecule has 0 heterocycles. The number of hydrogen-bond acceptors (Lipinski definition) is 2. The van der Waals surface area contributed by atoms with Crippen LogP contribution in [0.15, 0.2) is 36.4 Å². The summed E-state index contributed by atoms with van der Waals surface area (Å²) in [6, 6.07) is 12.1. The Morgan fingerprint density at radius 3 is 1.45 bits per heavy atom. The van der Waals surface area contributed by atoms with Crippen molar-refractivity contribution in [3.8, 4) is 11.5 Å². The Kier molecular flexibility index (Phi) is 3.30. The predicted molar refractivity (Wildman–Crippen MR) is 82.3 cm³/mol. The molecular weight excluding hydrogens is 248 g/mol. The highest BCUT2D eigenvalue weighted by Gasteiger charge is 1.99. The maximum atomic E-state index is 5.44. The number of benzene rings is 2. The zero-order valence-corrected chi connectivity index (χ0v) is 11.6. The van der Waals surface area contributed by atoms with E-state index >= 15 is 0 Å². The lowest BCUT2D eigenvalue weighted by Gasteiger charge is -2.04. The summed E-state index contributed by atoms with van der Waals surface area (Å²) < 4.78 is 10.9. The fraction of sp³-hybridized carbons (Fsp3) is 0.111. The molecule has 0 unspecified atom stereocenters. The number of ether oxygens (including phenoxy) is 2. The van der Waals surface area contributed by atoms with E-state index in [1.54, 1.807) is 14.2 Å². The van der Waals surface area contributed by atoms with Gasteiger partial charge in [0.15, 0.2) is 0 Å². The van der Waals surface area contributed by atoms with Gasteiger partial charge in [0.05, 0.1) is 14.2 Å². The lowest BCUT2D eigenvalue weighted by Crippen LogP contribution is -2.31. The summed E-state index contributed by atoms with van der Waals surface area (Å²) in [5.41, 5.74) is 0. The average Bonchev–Trinajstić information content (AvgIpc) is 2.48. The van der Waals surface area contributed by atoms with E-state index in [2.05, 4.69) is 36.4 Å². The molecule has 0 amide bonds. The van der Waals surface area contributed by atoms with Gasteiger partial charge < -0.3 is 9.47 Å². The van der Waals surface area contributed by atoms with Gasteiger partial charge in [0.1, 0.15) is 11.5 Å². The number of methoxy groups -OCH3 is 2. The Balaban J connectivity index is 2.41. The minimum atomic E-state index is 0.877. The van der Waals surface area contributed by atoms with Crippen molar-refractivity contribution in [1.29, 1.82) is 0 Å². The fourth-order valence-corrected chi connectivity index (χ4v) is 2.47. The molecule has 0 N–H and O–H groups in total. The zero-order valence-electron chi connectivity index (χ0n) is 11.6. The quantitative estimate of drug-likeness (QED) is 0.788. The first-order valence-corrected chi connectivity index (χ1v) is 6.53. The SMILES string of the molecule is COc1cccc2/c1=C\C=c1\c(OC)ccc\c1=C\C=2. The highest BCUT2D eigenvalue weighted by Crippen LogP contribution is 2.01. The highest BCUT2D eigenvalue weighted by atomic mass is 16.5. The van der Waals surface area contributed by atoms with Crippen molar-refractivity contribution in [2.45, 2.75) is 0 Å². The minimum absolute atomic E-state index is 0.877. The van der Waals surface area contributed by atoms with Gasteiger partial charge in [-0.25, -0.2) is 0 Å². The molecule has 1 aliphatic rings. The van der Waals surface area contributed by atoms with Gasteiger partial charge in [-0.05, 0) is 34.7 Å². The van der Waals surface area contributed by atoms with Crippen LogP contribution in [0, 0.1) is 0 Å². The van der Waals surface area contributed by atoms with Gasteiger partial charge in [-0.15, -0.1) is 0 Å². The number of hydrogen-bond donors (Lipinski definition) is 0. The predicted octanol–water partition coefficient (Wildman–Crippen LogP) is 0.540. The van der Waals surface area contributed by atoms with Crippen LogP contribution in [0.2, 0.25) is 0 Å². The number of rotatable bonds is 2. The van der Waals surface area contributed by atoms with Crippen LogP contribution in [-0.4, -0.2) is 14.2 Å². The number of fused-ring (bicyclic) bond motifs is 2. The summed E-state index contributed by atoms with van der Waals surface area (Å²) in [6.07, 6.45) is 8.39. The van der Waals surface area contributed by atoms with Gasteiger partial charge in [0.25, 0.3) is 0 Å². The van der Waals surface area contributed by atoms with E-state index < -0.39 is 0 Å². The van der Waals surface area contributed by atoms with Gasteiger partial charge in [0.2, 0.25) is 0 Å². The van der Waals surface area contributed by atoms with E-state index in [1.807, 2.05) is 24.3 Å². The fourth-order valence-electron chi connectivity index (χ4n) is 2.47. The molecule has 0 bridgehead atoms. The minimum Gasteiger partial charge on any atom is -0.496 e. The van der Waals surface area contributed by atoms with Crippen LogP contribution in [-0.2, 0) is 0 Å². The van der Waals surface area contributed by atoms with Crippen molar-refractivity contribution in [1.82, 2.24) is 0 Å². The van der Waals surface area contributed by atoms with Crippen molar-refractivity contribution in [2.24, 2.45) is 0 Å². The van der Waals surface area contributed by atoms with Crippen LogP contribution in [0.25, 0.3) is 24.3 Å². The van der Waals surface area contributed by atoms with Crippen molar-refractivity contribution >= 4 is 24.3 Å². The molecule has 20 heavy (non-hydrogen) atoms. The molecule has 2 heteroatoms. The molecule has 0 spiro atoms. The Morgan fingerprint density at radius 2 is 1.05 bits per heavy atom. The largest absolute Gasteiger partial charge is 0.496 e. The molecule has 0 fully saturated rings. The standard InChI is InChI=1S/C18H16O2/c1-19-17-7-3-5-13-9-10-14-6-4-8-18(20-2)16(14)12-11-15(13)17/h3-12H,1-2H3/b10-9?,12-11?,13-9-,14-10-,15-11+,16-12+. The third-order valence-corrected chi connectivity index (χ3v) is 3.50. The smallest absolute Gasteiger partial charge is 0.126 e. The van der Waals surface area contributed by atoms with E-state index in [1.165, 1.54) is 0 Å². The molecular formula is C18H16O2. The molecule has 0 saturated carbocycles. The molecule has 1 aliphatic carbocycles. The van der Waals surface area contributed by atoms with Crippen molar-refractivity contribution in [3.05, 3.63) is 57.3 Å². The molecule has 0 aromatic heterocycles. The normalized spacial score (nSPS) is 18.9. The van der Waals surface area contributed by atoms with Crippen LogP contribution >= 0.6 is 0 Å². The van der Waals surface area contributed by atoms with E-state index in [0.717, 1.165) is 32.4 Å². The second kappa shape index (κ2) is 5.25. The van der Waals surface area contributed by atoms with Gasteiger partial charge in [0, 0.05) is 10.4 Å². The maximum Gasteiger partial charge on any atom is 0.126 e. The molecule has 2 aromatic rings. The van der Waals surface area contributed by atoms with Crippen LogP contribution in [0.5, 0.6) is 11.5 Å². The molecule has 3 rings (SSSR count). The van der Waals surface area contributed by atoms with E-state index in [-0.39, 0.29) is 0 Å². The molecule has 2 nitrogen and oxygen atoms in total. The van der Waals surface area contributed by atoms with Gasteiger partial charge in [-0.3, -0.25) is 0 Å². The average molecular weight is 264 g/mol. The third-order valence-electron chi connectivity index (χ3n) is 3.50. The van der Waals surface area contributed by atoms with Crippen LogP contribution in [0.1, 0.15) is 0 Å². The molecule has 100 valence electrons. The van der Waals surface area contributed by atoms with E-state index in [9.17, 15) is 0 Å². The van der Waals surface area contributed by atoms with Crippen molar-refractivity contribution in [2.75, 3.05) is 14.2 Å². The first kappa shape index (κ1) is 12.5. The molecule has 2 aromatic carbocycles. The first-order valence-electron chi connectivity index (χ1n) is 6.53. The Hall–Kier alpha value is -2.48. The molecule has 0 radical (unpaired) electrons. The Morgan fingerprint density at radius 1 is 0.600 bits per heavy atom. The topological polar surface area (TPSA) is 18.5 Å². The maximum absolute atomic E-state index is 5.44. The molecule has 0 atom stereocenters. The van der Waals surface area contributed by atoms with Crippen LogP contribution < -0.4 is 30.3 Å². The summed E-state index contributed by atoms with van der Waals surface area (Å²) in [6.45, 7) is 0. The summed E-state index contributed by atoms with van der Waals surface area (Å²) in [4.78, 5) is 0. The van der Waals surface area contributed by atoms with Crippen molar-refractivity contribution < 1.29 is 9.47 Å². The van der Waals surface area contributed by atoms with Gasteiger partial charge in [-0.1, -0.05) is 36.4 Å². The van der Waals surface area contributed by atoms with E-state index in [4.69, 9.17) is 9.47 Å². The van der Waals surface area contributed by atoms with Gasteiger partial charge in [-0.2, -0.15) is 0 Å². The van der Waals surface area contributed by atoms with Gasteiger partial charge >= 0.3 is 0 Å². The van der Waals surface area contributed by atoms with Crippen LogP contribution in [0.4, 0.5) is 0 Å². The summed E-state index contributed by atoms with van der Waals surface area (Å²) in [7, 11) is 3.39. The molecule has 0 saturated heterocycles. The highest BCUT2D eigenvalue weighted by molar-refractivity contribution is 5.70. The van der Waals surface area contributed by atoms with Crippen LogP contribution in [0.3, 0.4) is 0 Å². The first-order chi connectivity index (χ1) is 9.83. The lowest BCUT2D eigenvalue weighted by atomic mass is 10.1. The Labute approximate surface area is 117 Å². The summed E-state index contributed by atoms with van der Waals surface area (Å²) in [5, 5.41) is 4.47. The third kappa shape index (κ3) is 2.10. The molecule has 0 aliphatic heterocycles. The second-order valence-corrected chi connectivity index (χ2v) is 4.59. The second-order valence-electron chi connectivity index (χ2n) is 4.59. The van der Waals surface area contributed by atoms with Crippen molar-refractivity contribution in [3.63, 3.8) is 0 Å².